The standard InChI is InChI=1S/C16H11F2NS.C2H6/c1-11-2-4-12(5-3-11)6-7-13-8-14(17)16(20-10-19)15(18)9-13;1-2/h2-9H,1H3;1-2H3. The third kappa shape index (κ3) is 5.01. The molecule has 22 heavy (non-hydrogen) atoms. The Labute approximate surface area is 134 Å². The number of nitrogens with zero attached hydrogens (tertiary/aromatic N) is 1. The molecule has 0 N–H and O–H groups in total. The van der Waals surface area contributed by atoms with Crippen molar-refractivity contribution in [3.63, 3.8) is 0 Å². The zero-order valence-electron chi connectivity index (χ0n) is 12.7. The minimum Gasteiger partial charge on any atom is -0.206 e. The van der Waals surface area contributed by atoms with Crippen molar-refractivity contribution >= 4 is 23.9 Å². The largest absolute Gasteiger partial charge is 0.206 e. The number of aryl methyl sites for hydroxylation is 1. The molecule has 0 fully saturated rings. The van der Waals surface area contributed by atoms with Crippen LogP contribution in [-0.4, -0.2) is 0 Å². The van der Waals surface area contributed by atoms with Gasteiger partial charge >= 0.3 is 0 Å². The SMILES string of the molecule is CC.Cc1ccc(C=Cc2cc(F)c(SC#N)c(F)c2)cc1. The molecule has 0 bridgehead atoms. The summed E-state index contributed by atoms with van der Waals surface area (Å²) in [6.45, 7) is 5.99. The van der Waals surface area contributed by atoms with Crippen molar-refractivity contribution in [3.05, 3.63) is 64.7 Å². The van der Waals surface area contributed by atoms with Crippen molar-refractivity contribution in [1.29, 1.82) is 5.26 Å². The summed E-state index contributed by atoms with van der Waals surface area (Å²) in [7, 11) is 0. The monoisotopic (exact) mass is 317 g/mol. The number of thioether (sulfide) groups is 1. The summed E-state index contributed by atoms with van der Waals surface area (Å²) in [5, 5.41) is 10.1. The van der Waals surface area contributed by atoms with E-state index in [9.17, 15) is 8.78 Å². The Morgan fingerprint density at radius 1 is 0.955 bits per heavy atom. The smallest absolute Gasteiger partial charge is 0.141 e. The molecule has 0 atom stereocenters. The lowest BCUT2D eigenvalue weighted by Crippen LogP contribution is -1.88. The second-order valence-corrected chi connectivity index (χ2v) is 5.05. The van der Waals surface area contributed by atoms with Gasteiger partial charge in [-0.1, -0.05) is 55.8 Å². The molecule has 0 unspecified atom stereocenters. The van der Waals surface area contributed by atoms with E-state index in [1.54, 1.807) is 17.6 Å². The van der Waals surface area contributed by atoms with Crippen LogP contribution in [0.25, 0.3) is 12.2 Å². The molecule has 0 saturated heterocycles. The fraction of sp³-hybridized carbons (Fsp3) is 0.167. The van der Waals surface area contributed by atoms with Crippen LogP contribution in [0.3, 0.4) is 0 Å². The molecule has 0 amide bonds. The highest BCUT2D eigenvalue weighted by molar-refractivity contribution is 8.03. The summed E-state index contributed by atoms with van der Waals surface area (Å²) in [4.78, 5) is -0.264. The number of hydrogen-bond acceptors (Lipinski definition) is 2. The zero-order valence-corrected chi connectivity index (χ0v) is 13.5. The lowest BCUT2D eigenvalue weighted by Gasteiger charge is -2.02. The predicted molar refractivity (Wildman–Crippen MR) is 89.3 cm³/mol. The van der Waals surface area contributed by atoms with Gasteiger partial charge in [0, 0.05) is 0 Å². The van der Waals surface area contributed by atoms with E-state index in [2.05, 4.69) is 0 Å². The van der Waals surface area contributed by atoms with E-state index >= 15 is 0 Å². The Morgan fingerprint density at radius 2 is 1.45 bits per heavy atom. The fourth-order valence-corrected chi connectivity index (χ4v) is 2.09. The third-order valence-corrected chi connectivity index (χ3v) is 3.40. The summed E-state index contributed by atoms with van der Waals surface area (Å²) < 4.78 is 27.3. The molecule has 0 aliphatic rings. The van der Waals surface area contributed by atoms with Crippen LogP contribution in [0.15, 0.2) is 41.3 Å². The summed E-state index contributed by atoms with van der Waals surface area (Å²) in [5.41, 5.74) is 2.52. The number of thiocyanates is 1. The predicted octanol–water partition coefficient (Wildman–Crippen LogP) is 6.04. The number of rotatable bonds is 3. The molecule has 4 heteroatoms. The molecule has 0 aliphatic heterocycles. The maximum Gasteiger partial charge on any atom is 0.141 e. The van der Waals surface area contributed by atoms with Crippen LogP contribution < -0.4 is 0 Å². The highest BCUT2D eigenvalue weighted by Gasteiger charge is 2.10. The van der Waals surface area contributed by atoms with Gasteiger partial charge < -0.3 is 0 Å². The van der Waals surface area contributed by atoms with Crippen LogP contribution in [0.1, 0.15) is 30.5 Å². The van der Waals surface area contributed by atoms with Crippen LogP contribution >= 0.6 is 11.8 Å². The van der Waals surface area contributed by atoms with Gasteiger partial charge in [-0.05, 0) is 41.9 Å². The zero-order chi connectivity index (χ0) is 16.5. The molecule has 2 rings (SSSR count). The highest BCUT2D eigenvalue weighted by Crippen LogP contribution is 2.26. The third-order valence-electron chi connectivity index (χ3n) is 2.71. The number of hydrogen-bond donors (Lipinski definition) is 0. The molecule has 1 nitrogen and oxygen atoms in total. The van der Waals surface area contributed by atoms with Crippen molar-refractivity contribution in [2.24, 2.45) is 0 Å². The molecule has 0 aliphatic carbocycles. The molecule has 0 heterocycles. The van der Waals surface area contributed by atoms with Crippen LogP contribution in [0, 0.1) is 29.2 Å². The Kier molecular flexibility index (Phi) is 7.34. The van der Waals surface area contributed by atoms with Crippen LogP contribution in [0.4, 0.5) is 8.78 Å². The Morgan fingerprint density at radius 3 is 1.95 bits per heavy atom. The van der Waals surface area contributed by atoms with Crippen LogP contribution in [-0.2, 0) is 0 Å². The van der Waals surface area contributed by atoms with Crippen molar-refractivity contribution in [2.75, 3.05) is 0 Å². The summed E-state index contributed by atoms with van der Waals surface area (Å²) >= 11 is 0.485. The van der Waals surface area contributed by atoms with E-state index in [1.165, 1.54) is 12.1 Å². The summed E-state index contributed by atoms with van der Waals surface area (Å²) in [5.74, 6) is -1.44. The highest BCUT2D eigenvalue weighted by atomic mass is 32.2. The van der Waals surface area contributed by atoms with Gasteiger partial charge in [0.2, 0.25) is 0 Å². The first-order valence-electron chi connectivity index (χ1n) is 6.90. The molecule has 0 spiro atoms. The normalized spacial score (nSPS) is 10.0. The van der Waals surface area contributed by atoms with Crippen molar-refractivity contribution < 1.29 is 8.78 Å². The Bertz CT molecular complexity index is 662. The lowest BCUT2D eigenvalue weighted by molar-refractivity contribution is 0.540. The van der Waals surface area contributed by atoms with Crippen LogP contribution in [0.5, 0.6) is 0 Å². The molecule has 2 aromatic rings. The topological polar surface area (TPSA) is 23.8 Å². The average molecular weight is 317 g/mol. The summed E-state index contributed by atoms with van der Waals surface area (Å²) in [6, 6.07) is 10.2. The Hall–Kier alpha value is -2.12. The minimum atomic E-state index is -0.722. The summed E-state index contributed by atoms with van der Waals surface area (Å²) in [6.07, 6.45) is 3.42. The number of halogens is 2. The van der Waals surface area contributed by atoms with Gasteiger partial charge in [0.1, 0.15) is 17.0 Å². The number of benzene rings is 2. The maximum atomic E-state index is 13.6. The van der Waals surface area contributed by atoms with Gasteiger partial charge in [0.25, 0.3) is 0 Å². The van der Waals surface area contributed by atoms with Gasteiger partial charge in [0.05, 0.1) is 4.90 Å². The van der Waals surface area contributed by atoms with Crippen molar-refractivity contribution in [1.82, 2.24) is 0 Å². The lowest BCUT2D eigenvalue weighted by atomic mass is 10.1. The van der Waals surface area contributed by atoms with E-state index in [0.29, 0.717) is 17.3 Å². The quantitative estimate of drug-likeness (QED) is 0.391. The van der Waals surface area contributed by atoms with Gasteiger partial charge in [-0.2, -0.15) is 5.26 Å². The van der Waals surface area contributed by atoms with E-state index in [-0.39, 0.29) is 4.90 Å². The van der Waals surface area contributed by atoms with Crippen LogP contribution in [0.2, 0.25) is 0 Å². The average Bonchev–Trinajstić information content (AvgIpc) is 2.52. The van der Waals surface area contributed by atoms with E-state index < -0.39 is 11.6 Å². The van der Waals surface area contributed by atoms with E-state index in [0.717, 1.165) is 11.1 Å². The Balaban J connectivity index is 0.00000116. The molecule has 0 saturated carbocycles. The molecule has 0 aromatic heterocycles. The van der Waals surface area contributed by atoms with Crippen molar-refractivity contribution in [3.8, 4) is 5.40 Å². The second kappa shape index (κ2) is 9.01. The van der Waals surface area contributed by atoms with Gasteiger partial charge in [0.15, 0.2) is 0 Å². The van der Waals surface area contributed by atoms with Gasteiger partial charge in [-0.3, -0.25) is 0 Å². The van der Waals surface area contributed by atoms with E-state index in [4.69, 9.17) is 5.26 Å². The first-order chi connectivity index (χ1) is 10.6. The molecular formula is C18H17F2NS. The number of nitriles is 1. The minimum absolute atomic E-state index is 0.264. The first kappa shape index (κ1) is 17.9. The maximum absolute atomic E-state index is 13.6. The van der Waals surface area contributed by atoms with Gasteiger partial charge in [-0.15, -0.1) is 0 Å². The molecule has 0 radical (unpaired) electrons. The fourth-order valence-electron chi connectivity index (χ4n) is 1.69. The molecular weight excluding hydrogens is 300 g/mol. The second-order valence-electron chi connectivity index (χ2n) is 4.25. The van der Waals surface area contributed by atoms with Gasteiger partial charge in [-0.25, -0.2) is 8.78 Å². The first-order valence-corrected chi connectivity index (χ1v) is 7.71. The van der Waals surface area contributed by atoms with Crippen molar-refractivity contribution in [2.45, 2.75) is 25.7 Å². The molecule has 2 aromatic carbocycles. The molecule has 114 valence electrons. The van der Waals surface area contributed by atoms with E-state index in [1.807, 2.05) is 45.0 Å².